The Bertz CT molecular complexity index is 612. The van der Waals surface area contributed by atoms with Crippen molar-refractivity contribution in [3.8, 4) is 5.75 Å². The Kier molecular flexibility index (Phi) is 5.01. The third kappa shape index (κ3) is 3.35. The van der Waals surface area contributed by atoms with Crippen molar-refractivity contribution < 1.29 is 4.74 Å². The minimum atomic E-state index is 0.215. The van der Waals surface area contributed by atoms with Crippen LogP contribution >= 0.6 is 43.2 Å². The number of nitrogens with zero attached hydrogens (tertiary/aromatic N) is 1. The van der Waals surface area contributed by atoms with Gasteiger partial charge in [0.1, 0.15) is 12.4 Å². The predicted octanol–water partition coefficient (Wildman–Crippen LogP) is 4.17. The van der Waals surface area contributed by atoms with Gasteiger partial charge < -0.3 is 10.5 Å². The Morgan fingerprint density at radius 1 is 1.33 bits per heavy atom. The largest absolute Gasteiger partial charge is 0.492 e. The summed E-state index contributed by atoms with van der Waals surface area (Å²) in [6.45, 7) is 3.04. The van der Waals surface area contributed by atoms with Gasteiger partial charge in [0.2, 0.25) is 0 Å². The van der Waals surface area contributed by atoms with Crippen molar-refractivity contribution in [2.24, 2.45) is 5.73 Å². The zero-order valence-corrected chi connectivity index (χ0v) is 15.4. The highest BCUT2D eigenvalue weighted by Gasteiger charge is 2.25. The van der Waals surface area contributed by atoms with Gasteiger partial charge in [-0.3, -0.25) is 4.90 Å². The second-order valence-electron chi connectivity index (χ2n) is 4.95. The van der Waals surface area contributed by atoms with Crippen molar-refractivity contribution in [2.45, 2.75) is 12.6 Å². The number of rotatable bonds is 3. The van der Waals surface area contributed by atoms with E-state index in [0.29, 0.717) is 13.2 Å². The first kappa shape index (κ1) is 15.5. The van der Waals surface area contributed by atoms with Crippen LogP contribution in [0.25, 0.3) is 0 Å². The summed E-state index contributed by atoms with van der Waals surface area (Å²) in [5.41, 5.74) is 7.28. The fourth-order valence-electron chi connectivity index (χ4n) is 2.58. The lowest BCUT2D eigenvalue weighted by Crippen LogP contribution is -2.34. The maximum Gasteiger partial charge on any atom is 0.123 e. The van der Waals surface area contributed by atoms with E-state index < -0.39 is 0 Å². The van der Waals surface area contributed by atoms with E-state index in [1.807, 2.05) is 12.1 Å². The predicted molar refractivity (Wildman–Crippen MR) is 93.9 cm³/mol. The van der Waals surface area contributed by atoms with Crippen LogP contribution in [0.1, 0.15) is 16.5 Å². The average Bonchev–Trinajstić information content (AvgIpc) is 2.70. The van der Waals surface area contributed by atoms with Crippen LogP contribution in [0.5, 0.6) is 5.75 Å². The molecule has 0 fully saturated rings. The molecular weight excluding hydrogens is 416 g/mol. The Balaban J connectivity index is 1.87. The van der Waals surface area contributed by atoms with Crippen LogP contribution in [0.2, 0.25) is 0 Å². The second kappa shape index (κ2) is 6.79. The van der Waals surface area contributed by atoms with Crippen LogP contribution in [-0.2, 0) is 6.54 Å². The second-order valence-corrected chi connectivity index (χ2v) is 8.20. The monoisotopic (exact) mass is 430 g/mol. The summed E-state index contributed by atoms with van der Waals surface area (Å²) in [5, 5.41) is 0. The van der Waals surface area contributed by atoms with Gasteiger partial charge in [0.25, 0.3) is 0 Å². The highest BCUT2D eigenvalue weighted by molar-refractivity contribution is 9.13. The molecule has 2 heterocycles. The topological polar surface area (TPSA) is 38.5 Å². The molecule has 21 heavy (non-hydrogen) atoms. The van der Waals surface area contributed by atoms with E-state index in [1.165, 1.54) is 10.4 Å². The van der Waals surface area contributed by atoms with E-state index in [2.05, 4.69) is 55.0 Å². The Hall–Kier alpha value is -0.400. The summed E-state index contributed by atoms with van der Waals surface area (Å²) >= 11 is 8.86. The molecule has 0 bridgehead atoms. The number of halogens is 2. The van der Waals surface area contributed by atoms with Crippen LogP contribution in [-0.4, -0.2) is 24.6 Å². The number of para-hydroxylation sites is 1. The van der Waals surface area contributed by atoms with Crippen molar-refractivity contribution in [3.63, 3.8) is 0 Å². The quantitative estimate of drug-likeness (QED) is 0.792. The summed E-state index contributed by atoms with van der Waals surface area (Å²) in [6.07, 6.45) is 0. The molecule has 0 saturated carbocycles. The van der Waals surface area contributed by atoms with Gasteiger partial charge in [-0.25, -0.2) is 0 Å². The fourth-order valence-corrected chi connectivity index (χ4v) is 4.82. The molecule has 1 unspecified atom stereocenters. The molecule has 2 aromatic rings. The Morgan fingerprint density at radius 2 is 2.14 bits per heavy atom. The number of hydrogen-bond donors (Lipinski definition) is 1. The van der Waals surface area contributed by atoms with E-state index in [4.69, 9.17) is 10.5 Å². The van der Waals surface area contributed by atoms with E-state index in [1.54, 1.807) is 11.3 Å². The van der Waals surface area contributed by atoms with Crippen molar-refractivity contribution in [2.75, 3.05) is 19.7 Å². The van der Waals surface area contributed by atoms with Crippen LogP contribution in [0.15, 0.2) is 38.6 Å². The lowest BCUT2D eigenvalue weighted by Gasteiger charge is -2.28. The molecule has 0 saturated heterocycles. The highest BCUT2D eigenvalue weighted by atomic mass is 79.9. The smallest absolute Gasteiger partial charge is 0.123 e. The molecule has 1 aliphatic rings. The van der Waals surface area contributed by atoms with Gasteiger partial charge in [-0.2, -0.15) is 0 Å². The lowest BCUT2D eigenvalue weighted by atomic mass is 10.1. The van der Waals surface area contributed by atoms with E-state index in [9.17, 15) is 0 Å². The van der Waals surface area contributed by atoms with E-state index in [-0.39, 0.29) is 6.04 Å². The standard InChI is InChI=1S/C15H16Br2N2OS/c16-11-7-14(21-15(11)17)12(8-18)19-5-6-20-13-4-2-1-3-10(13)9-19/h1-4,7,12H,5-6,8-9,18H2. The molecule has 112 valence electrons. The van der Waals surface area contributed by atoms with Crippen molar-refractivity contribution in [3.05, 3.63) is 49.0 Å². The number of nitrogens with two attached hydrogens (primary N) is 1. The maximum absolute atomic E-state index is 6.06. The van der Waals surface area contributed by atoms with Gasteiger partial charge in [0.05, 0.1) is 9.83 Å². The normalized spacial score (nSPS) is 16.9. The minimum absolute atomic E-state index is 0.215. The number of fused-ring (bicyclic) bond motifs is 1. The Morgan fingerprint density at radius 3 is 2.86 bits per heavy atom. The molecule has 0 radical (unpaired) electrons. The molecule has 3 nitrogen and oxygen atoms in total. The average molecular weight is 432 g/mol. The number of hydrogen-bond acceptors (Lipinski definition) is 4. The van der Waals surface area contributed by atoms with Crippen LogP contribution in [0.4, 0.5) is 0 Å². The summed E-state index contributed by atoms with van der Waals surface area (Å²) in [5.74, 6) is 0.990. The molecule has 0 spiro atoms. The molecule has 0 aliphatic carbocycles. The van der Waals surface area contributed by atoms with Crippen molar-refractivity contribution in [1.82, 2.24) is 4.90 Å². The Labute approximate surface area is 145 Å². The first-order valence-electron chi connectivity index (χ1n) is 6.78. The molecule has 6 heteroatoms. The SMILES string of the molecule is NCC(c1cc(Br)c(Br)s1)N1CCOc2ccccc2C1. The highest BCUT2D eigenvalue weighted by Crippen LogP contribution is 2.38. The molecule has 0 amide bonds. The molecule has 1 atom stereocenters. The van der Waals surface area contributed by atoms with Gasteiger partial charge in [-0.05, 0) is 44.0 Å². The first-order valence-corrected chi connectivity index (χ1v) is 9.19. The summed E-state index contributed by atoms with van der Waals surface area (Å²) in [7, 11) is 0. The van der Waals surface area contributed by atoms with Crippen LogP contribution < -0.4 is 10.5 Å². The van der Waals surface area contributed by atoms with Gasteiger partial charge >= 0.3 is 0 Å². The van der Waals surface area contributed by atoms with Gasteiger partial charge in [0.15, 0.2) is 0 Å². The van der Waals surface area contributed by atoms with Crippen LogP contribution in [0, 0.1) is 0 Å². The van der Waals surface area contributed by atoms with Crippen molar-refractivity contribution >= 4 is 43.2 Å². The molecular formula is C15H16Br2N2OS. The van der Waals surface area contributed by atoms with Gasteiger partial charge in [-0.15, -0.1) is 11.3 Å². The van der Waals surface area contributed by atoms with Crippen molar-refractivity contribution in [1.29, 1.82) is 0 Å². The molecule has 2 N–H and O–H groups in total. The molecule has 1 aromatic carbocycles. The third-order valence-electron chi connectivity index (χ3n) is 3.64. The first-order chi connectivity index (χ1) is 10.2. The summed E-state index contributed by atoms with van der Waals surface area (Å²) < 4.78 is 8.04. The zero-order valence-electron chi connectivity index (χ0n) is 11.4. The summed E-state index contributed by atoms with van der Waals surface area (Å²) in [4.78, 5) is 3.67. The third-order valence-corrected chi connectivity index (χ3v) is 7.00. The number of thiophene rings is 1. The molecule has 3 rings (SSSR count). The van der Waals surface area contributed by atoms with Gasteiger partial charge in [0, 0.05) is 34.5 Å². The summed E-state index contributed by atoms with van der Waals surface area (Å²) in [6, 6.07) is 10.6. The maximum atomic E-state index is 6.06. The molecule has 1 aromatic heterocycles. The van der Waals surface area contributed by atoms with E-state index >= 15 is 0 Å². The van der Waals surface area contributed by atoms with Crippen LogP contribution in [0.3, 0.4) is 0 Å². The fraction of sp³-hybridized carbons (Fsp3) is 0.333. The van der Waals surface area contributed by atoms with E-state index in [0.717, 1.165) is 27.1 Å². The van der Waals surface area contributed by atoms with Gasteiger partial charge in [-0.1, -0.05) is 18.2 Å². The molecule has 1 aliphatic heterocycles. The number of benzene rings is 1. The number of ether oxygens (including phenoxy) is 1. The zero-order chi connectivity index (χ0) is 14.8. The minimum Gasteiger partial charge on any atom is -0.492 e. The lowest BCUT2D eigenvalue weighted by molar-refractivity contribution is 0.175.